The van der Waals surface area contributed by atoms with E-state index in [1.165, 1.54) is 5.56 Å². The predicted octanol–water partition coefficient (Wildman–Crippen LogP) is 4.93. The minimum atomic E-state index is -0.699. The monoisotopic (exact) mass is 442 g/mol. The van der Waals surface area contributed by atoms with Crippen LogP contribution in [-0.2, 0) is 6.42 Å². The number of fused-ring (bicyclic) bond motifs is 1. The molecule has 0 bridgehead atoms. The second kappa shape index (κ2) is 9.62. The number of ether oxygens (including phenoxy) is 2. The predicted molar refractivity (Wildman–Crippen MR) is 122 cm³/mol. The zero-order valence-corrected chi connectivity index (χ0v) is 17.9. The molecule has 7 heteroatoms. The summed E-state index contributed by atoms with van der Waals surface area (Å²) < 4.78 is 13.7. The van der Waals surface area contributed by atoms with Crippen LogP contribution in [0.1, 0.15) is 28.8 Å². The molecule has 0 unspecified atom stereocenters. The van der Waals surface area contributed by atoms with E-state index in [-0.39, 0.29) is 12.8 Å². The Kier molecular flexibility index (Phi) is 6.69. The highest BCUT2D eigenvalue weighted by Gasteiger charge is 2.20. The van der Waals surface area contributed by atoms with Crippen molar-refractivity contribution in [3.8, 4) is 11.5 Å². The van der Waals surface area contributed by atoms with Crippen LogP contribution in [0, 0.1) is 0 Å². The number of hydrogen-bond donors (Lipinski definition) is 4. The third-order valence-corrected chi connectivity index (χ3v) is 5.71. The van der Waals surface area contributed by atoms with Crippen molar-refractivity contribution in [3.05, 3.63) is 88.4 Å². The lowest BCUT2D eigenvalue weighted by Crippen LogP contribution is -2.28. The van der Waals surface area contributed by atoms with E-state index in [2.05, 4.69) is 35.0 Å². The molecule has 3 aromatic carbocycles. The molecule has 3 aromatic rings. The molecular formula is C23H23ClN2O3S. The molecule has 0 aliphatic carbocycles. The third kappa shape index (κ3) is 4.84. The minimum Gasteiger partial charge on any atom is -0.454 e. The van der Waals surface area contributed by atoms with E-state index in [1.807, 2.05) is 42.5 Å². The zero-order chi connectivity index (χ0) is 20.9. The van der Waals surface area contributed by atoms with E-state index in [9.17, 15) is 5.11 Å². The fourth-order valence-electron chi connectivity index (χ4n) is 3.50. The van der Waals surface area contributed by atoms with Crippen LogP contribution in [0.25, 0.3) is 0 Å². The molecule has 0 amide bonds. The normalized spacial score (nSPS) is 14.4. The maximum absolute atomic E-state index is 10.7. The van der Waals surface area contributed by atoms with Gasteiger partial charge in [0.25, 0.3) is 0 Å². The number of rotatable bonds is 8. The van der Waals surface area contributed by atoms with Crippen molar-refractivity contribution in [3.63, 3.8) is 0 Å². The second-order valence-corrected chi connectivity index (χ2v) is 7.76. The van der Waals surface area contributed by atoms with Gasteiger partial charge >= 0.3 is 0 Å². The van der Waals surface area contributed by atoms with Crippen LogP contribution in [0.2, 0.25) is 5.02 Å². The van der Waals surface area contributed by atoms with E-state index in [4.69, 9.17) is 21.1 Å². The van der Waals surface area contributed by atoms with Crippen molar-refractivity contribution in [1.82, 2.24) is 5.32 Å². The first-order chi connectivity index (χ1) is 14.6. The van der Waals surface area contributed by atoms with Gasteiger partial charge in [-0.05, 0) is 47.4 Å². The molecule has 30 heavy (non-hydrogen) atoms. The zero-order valence-electron chi connectivity index (χ0n) is 16.2. The van der Waals surface area contributed by atoms with Gasteiger partial charge in [-0.25, -0.2) is 0 Å². The first kappa shape index (κ1) is 20.9. The van der Waals surface area contributed by atoms with Crippen LogP contribution in [0.15, 0.2) is 66.7 Å². The Labute approximate surface area is 186 Å². The summed E-state index contributed by atoms with van der Waals surface area (Å²) in [5.74, 6) is 1.50. The molecule has 1 aliphatic heterocycles. The Bertz CT molecular complexity index is 1000. The Hall–Kier alpha value is -2.38. The van der Waals surface area contributed by atoms with E-state index >= 15 is 0 Å². The molecular weight excluding hydrogens is 420 g/mol. The van der Waals surface area contributed by atoms with E-state index < -0.39 is 6.10 Å². The number of nitrogens with one attached hydrogen (secondary N) is 2. The van der Waals surface area contributed by atoms with E-state index in [1.54, 1.807) is 12.1 Å². The van der Waals surface area contributed by atoms with Crippen LogP contribution in [0.3, 0.4) is 0 Å². The van der Waals surface area contributed by atoms with Gasteiger partial charge in [0.1, 0.15) is 0 Å². The van der Waals surface area contributed by atoms with Crippen molar-refractivity contribution in [2.45, 2.75) is 18.6 Å². The van der Waals surface area contributed by atoms with Gasteiger partial charge < -0.3 is 24.6 Å². The maximum atomic E-state index is 10.7. The summed E-state index contributed by atoms with van der Waals surface area (Å²) in [6.07, 6.45) is 0.0760. The topological polar surface area (TPSA) is 62.8 Å². The summed E-state index contributed by atoms with van der Waals surface area (Å²) in [4.78, 5) is 0. The second-order valence-electron chi connectivity index (χ2n) is 7.13. The number of halogens is 1. The summed E-state index contributed by atoms with van der Waals surface area (Å²) in [6.45, 7) is 0.617. The van der Waals surface area contributed by atoms with Gasteiger partial charge in [0, 0.05) is 12.6 Å². The molecule has 1 aliphatic rings. The first-order valence-corrected chi connectivity index (χ1v) is 10.5. The maximum Gasteiger partial charge on any atom is 0.231 e. The summed E-state index contributed by atoms with van der Waals surface area (Å²) in [6, 6.07) is 21.6. The van der Waals surface area contributed by atoms with Gasteiger partial charge in [-0.1, -0.05) is 66.9 Å². The molecule has 3 N–H and O–H groups in total. The number of thiol groups is 1. The highest BCUT2D eigenvalue weighted by Crippen LogP contribution is 2.35. The average Bonchev–Trinajstić information content (AvgIpc) is 3.25. The largest absolute Gasteiger partial charge is 0.454 e. The Morgan fingerprint density at radius 3 is 2.53 bits per heavy atom. The molecule has 0 aromatic heterocycles. The summed E-state index contributed by atoms with van der Waals surface area (Å²) in [5, 5.41) is 14.8. The molecule has 0 saturated heterocycles. The van der Waals surface area contributed by atoms with Gasteiger partial charge in [0.05, 0.1) is 16.8 Å². The Morgan fingerprint density at radius 2 is 1.73 bits per heavy atom. The smallest absolute Gasteiger partial charge is 0.231 e. The molecule has 0 saturated carbocycles. The standard InChI is InChI=1S/C23H23ClN2O3S/c24-18-8-6-17(11-20(18)26-30)21(27)13-25-19(10-15-4-2-1-3-5-15)16-7-9-22-23(12-16)29-14-28-22/h1-9,11-12,19,21,25-27,30H,10,13-14H2/t19-,21+/m1/s1. The van der Waals surface area contributed by atoms with Gasteiger partial charge in [-0.15, -0.1) is 0 Å². The SMILES string of the molecule is O[C@@H](CN[C@H](Cc1ccccc1)c1ccc2c(c1)OCO2)c1ccc(Cl)c(NS)c1. The first-order valence-electron chi connectivity index (χ1n) is 9.68. The van der Waals surface area contributed by atoms with Crippen molar-refractivity contribution in [1.29, 1.82) is 0 Å². The van der Waals surface area contributed by atoms with E-state index in [0.29, 0.717) is 17.3 Å². The van der Waals surface area contributed by atoms with Crippen LogP contribution < -0.4 is 19.5 Å². The summed E-state index contributed by atoms with van der Waals surface area (Å²) >= 11 is 10.2. The molecule has 0 fully saturated rings. The molecule has 1 heterocycles. The number of aliphatic hydroxyl groups excluding tert-OH is 1. The lowest BCUT2D eigenvalue weighted by atomic mass is 9.97. The van der Waals surface area contributed by atoms with Gasteiger partial charge in [-0.2, -0.15) is 0 Å². The van der Waals surface area contributed by atoms with Gasteiger partial charge in [0.2, 0.25) is 6.79 Å². The molecule has 5 nitrogen and oxygen atoms in total. The highest BCUT2D eigenvalue weighted by atomic mass is 35.5. The fraction of sp³-hybridized carbons (Fsp3) is 0.217. The quantitative estimate of drug-likeness (QED) is 0.372. The van der Waals surface area contributed by atoms with Crippen molar-refractivity contribution < 1.29 is 14.6 Å². The third-order valence-electron chi connectivity index (χ3n) is 5.13. The van der Waals surface area contributed by atoms with Crippen molar-refractivity contribution in [2.24, 2.45) is 0 Å². The molecule has 0 spiro atoms. The van der Waals surface area contributed by atoms with Crippen LogP contribution in [0.5, 0.6) is 11.5 Å². The summed E-state index contributed by atoms with van der Waals surface area (Å²) in [7, 11) is 0. The van der Waals surface area contributed by atoms with Crippen LogP contribution in [-0.4, -0.2) is 18.4 Å². The minimum absolute atomic E-state index is 0.00803. The number of benzene rings is 3. The average molecular weight is 443 g/mol. The van der Waals surface area contributed by atoms with Gasteiger partial charge in [-0.3, -0.25) is 0 Å². The lowest BCUT2D eigenvalue weighted by molar-refractivity contribution is 0.169. The van der Waals surface area contributed by atoms with Crippen molar-refractivity contribution >= 4 is 30.1 Å². The lowest BCUT2D eigenvalue weighted by Gasteiger charge is -2.22. The molecule has 156 valence electrons. The molecule has 0 radical (unpaired) electrons. The van der Waals surface area contributed by atoms with Crippen LogP contribution in [0.4, 0.5) is 5.69 Å². The van der Waals surface area contributed by atoms with Crippen molar-refractivity contribution in [2.75, 3.05) is 18.1 Å². The molecule has 4 rings (SSSR count). The highest BCUT2D eigenvalue weighted by molar-refractivity contribution is 7.81. The molecule has 2 atom stereocenters. The van der Waals surface area contributed by atoms with Gasteiger partial charge in [0.15, 0.2) is 11.5 Å². The fourth-order valence-corrected chi connectivity index (χ4v) is 3.91. The van der Waals surface area contributed by atoms with E-state index in [0.717, 1.165) is 29.0 Å². The number of hydrogen-bond acceptors (Lipinski definition) is 6. The number of aliphatic hydroxyl groups is 1. The van der Waals surface area contributed by atoms with Crippen LogP contribution >= 0.6 is 24.4 Å². The Morgan fingerprint density at radius 1 is 0.967 bits per heavy atom. The summed E-state index contributed by atoms with van der Waals surface area (Å²) in [5.41, 5.74) is 3.69. The number of anilines is 1. The Balaban J connectivity index is 1.52.